The van der Waals surface area contributed by atoms with Gasteiger partial charge in [0.25, 0.3) is 0 Å². The third-order valence-corrected chi connectivity index (χ3v) is 4.42. The van der Waals surface area contributed by atoms with Crippen LogP contribution in [0, 0.1) is 0 Å². The molecule has 130 valence electrons. The van der Waals surface area contributed by atoms with Crippen LogP contribution in [0.3, 0.4) is 0 Å². The van der Waals surface area contributed by atoms with Gasteiger partial charge in [0.05, 0.1) is 23.9 Å². The van der Waals surface area contributed by atoms with Crippen molar-refractivity contribution in [3.8, 4) is 5.75 Å². The summed E-state index contributed by atoms with van der Waals surface area (Å²) in [7, 11) is 0. The van der Waals surface area contributed by atoms with Crippen LogP contribution in [0.2, 0.25) is 0 Å². The first kappa shape index (κ1) is 16.2. The van der Waals surface area contributed by atoms with Gasteiger partial charge >= 0.3 is 0 Å². The minimum Gasteiger partial charge on any atom is -0.492 e. The van der Waals surface area contributed by atoms with E-state index < -0.39 is 0 Å². The van der Waals surface area contributed by atoms with E-state index in [1.165, 1.54) is 11.1 Å². The first-order chi connectivity index (χ1) is 12.8. The first-order valence-electron chi connectivity index (χ1n) is 8.74. The van der Waals surface area contributed by atoms with Gasteiger partial charge in [-0.05, 0) is 47.9 Å². The zero-order valence-corrected chi connectivity index (χ0v) is 14.5. The number of nitrogens with two attached hydrogens (primary N) is 1. The number of rotatable bonds is 6. The maximum Gasteiger partial charge on any atom is 0.119 e. The quantitative estimate of drug-likeness (QED) is 0.531. The van der Waals surface area contributed by atoms with Crippen LogP contribution in [-0.2, 0) is 13.0 Å². The standard InChI is InChI=1S/C22H21N3O/c23-19-8-11-21-22(15-19)25(16-24-21)12-13-26-20-9-6-18(7-10-20)14-17-4-2-1-3-5-17/h1-11,15-16H,12-14,23H2. The van der Waals surface area contributed by atoms with Crippen molar-refractivity contribution in [1.82, 2.24) is 9.55 Å². The van der Waals surface area contributed by atoms with Crippen molar-refractivity contribution >= 4 is 16.7 Å². The SMILES string of the molecule is Nc1ccc2ncn(CCOc3ccc(Cc4ccccc4)cc3)c2c1. The number of hydrogen-bond acceptors (Lipinski definition) is 3. The number of anilines is 1. The van der Waals surface area contributed by atoms with E-state index in [-0.39, 0.29) is 0 Å². The number of imidazole rings is 1. The number of ether oxygens (including phenoxy) is 1. The lowest BCUT2D eigenvalue weighted by atomic mass is 10.1. The second-order valence-electron chi connectivity index (χ2n) is 6.34. The Hall–Kier alpha value is -3.27. The Kier molecular flexibility index (Phi) is 4.56. The third kappa shape index (κ3) is 3.70. The number of benzene rings is 3. The van der Waals surface area contributed by atoms with E-state index >= 15 is 0 Å². The van der Waals surface area contributed by atoms with Gasteiger partial charge in [-0.25, -0.2) is 4.98 Å². The van der Waals surface area contributed by atoms with Crippen LogP contribution < -0.4 is 10.5 Å². The Balaban J connectivity index is 1.35. The molecule has 0 bridgehead atoms. The van der Waals surface area contributed by atoms with Gasteiger partial charge in [-0.2, -0.15) is 0 Å². The summed E-state index contributed by atoms with van der Waals surface area (Å²) in [4.78, 5) is 4.39. The van der Waals surface area contributed by atoms with E-state index in [2.05, 4.69) is 45.9 Å². The van der Waals surface area contributed by atoms with Gasteiger partial charge in [0.2, 0.25) is 0 Å². The summed E-state index contributed by atoms with van der Waals surface area (Å²) in [6, 6.07) is 24.5. The topological polar surface area (TPSA) is 53.1 Å². The van der Waals surface area contributed by atoms with Crippen molar-refractivity contribution in [2.45, 2.75) is 13.0 Å². The van der Waals surface area contributed by atoms with Gasteiger partial charge in [-0.3, -0.25) is 0 Å². The van der Waals surface area contributed by atoms with Gasteiger partial charge in [0.1, 0.15) is 12.4 Å². The molecule has 4 aromatic rings. The fourth-order valence-electron chi connectivity index (χ4n) is 3.05. The van der Waals surface area contributed by atoms with Crippen molar-refractivity contribution in [3.05, 3.63) is 90.3 Å². The summed E-state index contributed by atoms with van der Waals surface area (Å²) in [6.45, 7) is 1.31. The molecule has 0 fully saturated rings. The van der Waals surface area contributed by atoms with Gasteiger partial charge in [-0.15, -0.1) is 0 Å². The van der Waals surface area contributed by atoms with Gasteiger partial charge in [0, 0.05) is 5.69 Å². The highest BCUT2D eigenvalue weighted by molar-refractivity contribution is 5.78. The van der Waals surface area contributed by atoms with Crippen LogP contribution in [0.5, 0.6) is 5.75 Å². The van der Waals surface area contributed by atoms with E-state index in [1.54, 1.807) is 0 Å². The van der Waals surface area contributed by atoms with E-state index in [4.69, 9.17) is 10.5 Å². The maximum atomic E-state index is 5.88. The summed E-state index contributed by atoms with van der Waals surface area (Å²) in [6.07, 6.45) is 2.76. The molecular weight excluding hydrogens is 322 g/mol. The third-order valence-electron chi connectivity index (χ3n) is 4.42. The highest BCUT2D eigenvalue weighted by atomic mass is 16.5. The van der Waals surface area contributed by atoms with Crippen molar-refractivity contribution in [3.63, 3.8) is 0 Å². The Labute approximate surface area is 152 Å². The average molecular weight is 343 g/mol. The van der Waals surface area contributed by atoms with Crippen LogP contribution in [0.4, 0.5) is 5.69 Å². The lowest BCUT2D eigenvalue weighted by Crippen LogP contribution is -2.07. The number of nitrogen functional groups attached to an aromatic ring is 1. The number of nitrogens with zero attached hydrogens (tertiary/aromatic N) is 2. The molecule has 4 nitrogen and oxygen atoms in total. The molecule has 4 rings (SSSR count). The largest absolute Gasteiger partial charge is 0.492 e. The molecule has 0 atom stereocenters. The van der Waals surface area contributed by atoms with Gasteiger partial charge < -0.3 is 15.0 Å². The molecule has 0 amide bonds. The van der Waals surface area contributed by atoms with E-state index in [9.17, 15) is 0 Å². The van der Waals surface area contributed by atoms with Gasteiger partial charge in [-0.1, -0.05) is 42.5 Å². The van der Waals surface area contributed by atoms with Crippen molar-refractivity contribution in [2.24, 2.45) is 0 Å². The molecule has 0 saturated carbocycles. The molecule has 0 radical (unpaired) electrons. The summed E-state index contributed by atoms with van der Waals surface area (Å²) in [5.41, 5.74) is 11.2. The minimum atomic E-state index is 0.582. The summed E-state index contributed by atoms with van der Waals surface area (Å²) in [5, 5.41) is 0. The smallest absolute Gasteiger partial charge is 0.119 e. The van der Waals surface area contributed by atoms with Gasteiger partial charge in [0.15, 0.2) is 0 Å². The zero-order valence-electron chi connectivity index (χ0n) is 14.5. The summed E-state index contributed by atoms with van der Waals surface area (Å²) in [5.74, 6) is 0.880. The van der Waals surface area contributed by atoms with E-state index in [0.29, 0.717) is 6.61 Å². The fraction of sp³-hybridized carbons (Fsp3) is 0.136. The molecule has 1 aromatic heterocycles. The summed E-state index contributed by atoms with van der Waals surface area (Å²) < 4.78 is 7.95. The Morgan fingerprint density at radius 1 is 0.885 bits per heavy atom. The molecule has 0 aliphatic heterocycles. The predicted octanol–water partition coefficient (Wildman–Crippen LogP) is 4.29. The van der Waals surface area contributed by atoms with E-state index in [1.807, 2.05) is 42.7 Å². The normalized spacial score (nSPS) is 10.9. The summed E-state index contributed by atoms with van der Waals surface area (Å²) >= 11 is 0. The molecule has 26 heavy (non-hydrogen) atoms. The fourth-order valence-corrected chi connectivity index (χ4v) is 3.05. The van der Waals surface area contributed by atoms with Crippen molar-refractivity contribution < 1.29 is 4.74 Å². The van der Waals surface area contributed by atoms with Crippen LogP contribution in [0.15, 0.2) is 79.1 Å². The molecule has 0 unspecified atom stereocenters. The van der Waals surface area contributed by atoms with Crippen LogP contribution >= 0.6 is 0 Å². The molecule has 0 spiro atoms. The second kappa shape index (κ2) is 7.31. The molecule has 4 heteroatoms. The molecule has 2 N–H and O–H groups in total. The Morgan fingerprint density at radius 2 is 1.65 bits per heavy atom. The number of aromatic nitrogens is 2. The maximum absolute atomic E-state index is 5.88. The molecule has 0 aliphatic rings. The molecule has 1 heterocycles. The Morgan fingerprint density at radius 3 is 2.46 bits per heavy atom. The first-order valence-corrected chi connectivity index (χ1v) is 8.74. The molecule has 0 aliphatic carbocycles. The number of fused-ring (bicyclic) bond motifs is 1. The number of hydrogen-bond donors (Lipinski definition) is 1. The molecule has 3 aromatic carbocycles. The van der Waals surface area contributed by atoms with Crippen LogP contribution in [0.25, 0.3) is 11.0 Å². The van der Waals surface area contributed by atoms with Crippen LogP contribution in [-0.4, -0.2) is 16.2 Å². The Bertz CT molecular complexity index is 991. The lowest BCUT2D eigenvalue weighted by molar-refractivity contribution is 0.300. The highest BCUT2D eigenvalue weighted by Crippen LogP contribution is 2.18. The van der Waals surface area contributed by atoms with Crippen LogP contribution in [0.1, 0.15) is 11.1 Å². The highest BCUT2D eigenvalue weighted by Gasteiger charge is 2.03. The monoisotopic (exact) mass is 343 g/mol. The zero-order chi connectivity index (χ0) is 17.8. The van der Waals surface area contributed by atoms with E-state index in [0.717, 1.165) is 35.4 Å². The average Bonchev–Trinajstić information content (AvgIpc) is 3.06. The van der Waals surface area contributed by atoms with Crippen molar-refractivity contribution in [2.75, 3.05) is 12.3 Å². The molecule has 0 saturated heterocycles. The van der Waals surface area contributed by atoms with Crippen molar-refractivity contribution in [1.29, 1.82) is 0 Å². The lowest BCUT2D eigenvalue weighted by Gasteiger charge is -2.09. The predicted molar refractivity (Wildman–Crippen MR) is 105 cm³/mol. The molecular formula is C22H21N3O. The second-order valence-corrected chi connectivity index (χ2v) is 6.34. The minimum absolute atomic E-state index is 0.582.